The Morgan fingerprint density at radius 2 is 0.672 bits per heavy atom. The molecule has 8 aromatic carbocycles. The third-order valence-corrected chi connectivity index (χ3v) is 11.0. The van der Waals surface area contributed by atoms with Crippen LogP contribution in [0.25, 0.3) is 98.1 Å². The van der Waals surface area contributed by atoms with Crippen LogP contribution < -0.4 is 0 Å². The maximum absolute atomic E-state index is 10.7. The fourth-order valence-corrected chi connectivity index (χ4v) is 8.63. The van der Waals surface area contributed by atoms with E-state index in [1.807, 2.05) is 155 Å². The van der Waals surface area contributed by atoms with Gasteiger partial charge < -0.3 is 9.13 Å². The van der Waals surface area contributed by atoms with Gasteiger partial charge in [0.1, 0.15) is 0 Å². The summed E-state index contributed by atoms with van der Waals surface area (Å²) in [5.41, 5.74) is 11.2. The molecule has 0 saturated heterocycles. The Morgan fingerprint density at radius 3 is 0.983 bits per heavy atom. The summed E-state index contributed by atoms with van der Waals surface area (Å²) in [5, 5.41) is 25.6. The SMILES string of the molecule is [C-]#[N+]c1cc(-c2ccccc2-c2ccccc2-c2cc(C#N)c(-n3c4ccccc4c4ccccc43)c([N+]#[C-])c2)cc(C#N)c1-n1c2ccccc2c2ccccc21. The molecule has 0 radical (unpaired) electrons. The molecule has 2 heterocycles. The molecule has 58 heavy (non-hydrogen) atoms. The molecule has 0 N–H and O–H groups in total. The summed E-state index contributed by atoms with van der Waals surface area (Å²) >= 11 is 0. The second-order valence-corrected chi connectivity index (χ2v) is 14.1. The van der Waals surface area contributed by atoms with E-state index < -0.39 is 0 Å². The van der Waals surface area contributed by atoms with Gasteiger partial charge in [-0.1, -0.05) is 121 Å². The summed E-state index contributed by atoms with van der Waals surface area (Å²) in [6.45, 7) is 16.8. The molecule has 0 amide bonds. The van der Waals surface area contributed by atoms with Gasteiger partial charge in [-0.2, -0.15) is 10.5 Å². The lowest BCUT2D eigenvalue weighted by Gasteiger charge is -2.18. The molecule has 0 aliphatic carbocycles. The van der Waals surface area contributed by atoms with Gasteiger partial charge in [-0.05, 0) is 81.9 Å². The smallest absolute Gasteiger partial charge is 0.212 e. The van der Waals surface area contributed by atoms with Gasteiger partial charge in [0.05, 0.1) is 69.9 Å². The van der Waals surface area contributed by atoms with Gasteiger partial charge in [0.15, 0.2) is 0 Å². The van der Waals surface area contributed by atoms with Crippen molar-refractivity contribution in [2.45, 2.75) is 0 Å². The molecule has 266 valence electrons. The summed E-state index contributed by atoms with van der Waals surface area (Å²) < 4.78 is 4.07. The van der Waals surface area contributed by atoms with Gasteiger partial charge in [0.2, 0.25) is 11.4 Å². The Labute approximate surface area is 334 Å². The summed E-state index contributed by atoms with van der Waals surface area (Å²) in [4.78, 5) is 8.05. The molecule has 0 aliphatic heterocycles. The summed E-state index contributed by atoms with van der Waals surface area (Å²) in [6, 6.07) is 60.6. The molecular formula is C52H28N6. The quantitative estimate of drug-likeness (QED) is 0.165. The molecule has 10 rings (SSSR count). The van der Waals surface area contributed by atoms with Gasteiger partial charge in [-0.25, -0.2) is 9.69 Å². The zero-order valence-electron chi connectivity index (χ0n) is 30.8. The van der Waals surface area contributed by atoms with Crippen LogP contribution in [0.2, 0.25) is 0 Å². The van der Waals surface area contributed by atoms with Crippen LogP contribution in [0.5, 0.6) is 0 Å². The Hall–Kier alpha value is -8.68. The lowest BCUT2D eigenvalue weighted by Crippen LogP contribution is -2.00. The van der Waals surface area contributed by atoms with Crippen LogP contribution in [0.4, 0.5) is 11.4 Å². The highest BCUT2D eigenvalue weighted by atomic mass is 15.0. The van der Waals surface area contributed by atoms with E-state index in [-0.39, 0.29) is 0 Å². The number of aromatic nitrogens is 2. The van der Waals surface area contributed by atoms with E-state index in [4.69, 9.17) is 13.1 Å². The molecule has 0 aliphatic rings. The van der Waals surface area contributed by atoms with Gasteiger partial charge in [-0.3, -0.25) is 0 Å². The second kappa shape index (κ2) is 13.6. The van der Waals surface area contributed by atoms with E-state index in [9.17, 15) is 10.5 Å². The molecule has 0 spiro atoms. The predicted octanol–water partition coefficient (Wildman–Crippen LogP) is 13.7. The lowest BCUT2D eigenvalue weighted by molar-refractivity contribution is 1.17. The van der Waals surface area contributed by atoms with E-state index in [1.54, 1.807) is 0 Å². The summed E-state index contributed by atoms with van der Waals surface area (Å²) in [6.07, 6.45) is 0. The summed E-state index contributed by atoms with van der Waals surface area (Å²) in [5.74, 6) is 0. The zero-order valence-corrected chi connectivity index (χ0v) is 30.8. The fourth-order valence-electron chi connectivity index (χ4n) is 8.63. The third kappa shape index (κ3) is 5.08. The topological polar surface area (TPSA) is 66.2 Å². The van der Waals surface area contributed by atoms with Crippen LogP contribution in [0.1, 0.15) is 11.1 Å². The van der Waals surface area contributed by atoms with Gasteiger partial charge in [-0.15, -0.1) is 0 Å². The van der Waals surface area contributed by atoms with Crippen LogP contribution in [0.15, 0.2) is 170 Å². The molecule has 0 bridgehead atoms. The average Bonchev–Trinajstić information content (AvgIpc) is 3.80. The molecular weight excluding hydrogens is 709 g/mol. The zero-order chi connectivity index (χ0) is 39.3. The predicted molar refractivity (Wildman–Crippen MR) is 233 cm³/mol. The van der Waals surface area contributed by atoms with E-state index >= 15 is 0 Å². The minimum absolute atomic E-state index is 0.365. The van der Waals surface area contributed by atoms with Crippen molar-refractivity contribution in [2.75, 3.05) is 0 Å². The Balaban J connectivity index is 1.16. The number of hydrogen-bond acceptors (Lipinski definition) is 2. The molecule has 6 heteroatoms. The van der Waals surface area contributed by atoms with E-state index in [0.29, 0.717) is 33.9 Å². The van der Waals surface area contributed by atoms with Crippen LogP contribution in [-0.2, 0) is 0 Å². The average molecular weight is 737 g/mol. The summed E-state index contributed by atoms with van der Waals surface area (Å²) in [7, 11) is 0. The van der Waals surface area contributed by atoms with Gasteiger partial charge >= 0.3 is 0 Å². The number of fused-ring (bicyclic) bond motifs is 6. The maximum Gasteiger partial charge on any atom is 0.212 e. The number of para-hydroxylation sites is 4. The molecule has 0 saturated carbocycles. The van der Waals surface area contributed by atoms with Crippen LogP contribution in [0, 0.1) is 35.8 Å². The van der Waals surface area contributed by atoms with Gasteiger partial charge in [0, 0.05) is 21.5 Å². The van der Waals surface area contributed by atoms with E-state index in [0.717, 1.165) is 77.0 Å². The highest BCUT2D eigenvalue weighted by Crippen LogP contribution is 2.45. The molecule has 0 atom stereocenters. The minimum Gasteiger partial charge on any atom is -0.318 e. The Bertz CT molecular complexity index is 3110. The van der Waals surface area contributed by atoms with Crippen molar-refractivity contribution in [2.24, 2.45) is 0 Å². The number of benzene rings is 8. The highest BCUT2D eigenvalue weighted by molar-refractivity contribution is 6.11. The largest absolute Gasteiger partial charge is 0.318 e. The standard InChI is InChI=1S/C52H28N6/c1-55-45-29-33(27-35(31-53)51(45)57-47-23-11-7-19-41(47)42-20-8-12-24-48(42)57)37-15-3-5-17-39(37)40-18-6-4-16-38(40)34-28-36(32-54)52(46(30-34)56-2)58-49-25-13-9-21-43(49)44-22-10-14-26-50(44)58/h3-30H. The lowest BCUT2D eigenvalue weighted by atomic mass is 9.88. The second-order valence-electron chi connectivity index (χ2n) is 14.1. The minimum atomic E-state index is 0.365. The first kappa shape index (κ1) is 33.9. The van der Waals surface area contributed by atoms with Gasteiger partial charge in [0.25, 0.3) is 0 Å². The first-order chi connectivity index (χ1) is 28.6. The fraction of sp³-hybridized carbons (Fsp3) is 0. The first-order valence-electron chi connectivity index (χ1n) is 18.7. The van der Waals surface area contributed by atoms with Crippen molar-refractivity contribution in [1.29, 1.82) is 10.5 Å². The number of rotatable bonds is 5. The number of hydrogen-bond donors (Lipinski definition) is 0. The number of nitriles is 2. The highest BCUT2D eigenvalue weighted by Gasteiger charge is 2.23. The molecule has 2 aromatic heterocycles. The van der Waals surface area contributed by atoms with Crippen molar-refractivity contribution in [3.8, 4) is 56.9 Å². The van der Waals surface area contributed by atoms with Crippen molar-refractivity contribution < 1.29 is 0 Å². The third-order valence-electron chi connectivity index (χ3n) is 11.0. The van der Waals surface area contributed by atoms with Crippen molar-refractivity contribution in [1.82, 2.24) is 9.13 Å². The van der Waals surface area contributed by atoms with Crippen molar-refractivity contribution in [3.63, 3.8) is 0 Å². The Morgan fingerprint density at radius 1 is 0.379 bits per heavy atom. The van der Waals surface area contributed by atoms with Crippen LogP contribution in [-0.4, -0.2) is 9.13 Å². The van der Waals surface area contributed by atoms with E-state index in [2.05, 4.69) is 46.1 Å². The van der Waals surface area contributed by atoms with Crippen molar-refractivity contribution >= 4 is 55.0 Å². The molecule has 10 aromatic rings. The molecule has 0 fully saturated rings. The van der Waals surface area contributed by atoms with E-state index in [1.165, 1.54) is 0 Å². The normalized spacial score (nSPS) is 11.0. The molecule has 6 nitrogen and oxygen atoms in total. The van der Waals surface area contributed by atoms with Crippen LogP contribution >= 0.6 is 0 Å². The Kier molecular flexibility index (Phi) is 7.92. The monoisotopic (exact) mass is 736 g/mol. The maximum atomic E-state index is 10.7. The number of nitrogens with zero attached hydrogens (tertiary/aromatic N) is 6. The first-order valence-corrected chi connectivity index (χ1v) is 18.7. The molecule has 0 unspecified atom stereocenters. The van der Waals surface area contributed by atoms with Crippen LogP contribution in [0.3, 0.4) is 0 Å². The van der Waals surface area contributed by atoms with Crippen molar-refractivity contribution in [3.05, 3.63) is 204 Å².